The van der Waals surface area contributed by atoms with E-state index >= 15 is 0 Å². The Morgan fingerprint density at radius 1 is 1.56 bits per heavy atom. The van der Waals surface area contributed by atoms with Crippen molar-refractivity contribution >= 4 is 11.3 Å². The predicted octanol–water partition coefficient (Wildman–Crippen LogP) is 2.76. The SMILES string of the molecule is CC(CC1CCCCN1)NCc1cccs1. The molecule has 2 nitrogen and oxygen atoms in total. The lowest BCUT2D eigenvalue weighted by Gasteiger charge is -2.26. The molecule has 0 radical (unpaired) electrons. The standard InChI is InChI=1S/C13H22N2S/c1-11(9-12-5-2-3-7-14-12)15-10-13-6-4-8-16-13/h4,6,8,11-12,14-15H,2-3,5,7,9-10H2,1H3. The first-order chi connectivity index (χ1) is 7.84. The van der Waals surface area contributed by atoms with Crippen LogP contribution in [0.3, 0.4) is 0 Å². The van der Waals surface area contributed by atoms with Gasteiger partial charge in [0.05, 0.1) is 0 Å². The van der Waals surface area contributed by atoms with Crippen LogP contribution in [-0.4, -0.2) is 18.6 Å². The quantitative estimate of drug-likeness (QED) is 0.824. The van der Waals surface area contributed by atoms with Gasteiger partial charge >= 0.3 is 0 Å². The smallest absolute Gasteiger partial charge is 0.0302 e. The van der Waals surface area contributed by atoms with Crippen molar-refractivity contribution in [2.45, 2.75) is 51.2 Å². The van der Waals surface area contributed by atoms with Crippen LogP contribution in [0.5, 0.6) is 0 Å². The van der Waals surface area contributed by atoms with E-state index in [0.29, 0.717) is 6.04 Å². The van der Waals surface area contributed by atoms with E-state index in [1.54, 1.807) is 0 Å². The largest absolute Gasteiger partial charge is 0.314 e. The molecule has 1 fully saturated rings. The summed E-state index contributed by atoms with van der Waals surface area (Å²) in [4.78, 5) is 1.43. The third-order valence-corrected chi connectivity index (χ3v) is 4.13. The predicted molar refractivity (Wildman–Crippen MR) is 70.9 cm³/mol. The van der Waals surface area contributed by atoms with Gasteiger partial charge in [0.1, 0.15) is 0 Å². The summed E-state index contributed by atoms with van der Waals surface area (Å²) in [5.74, 6) is 0. The molecule has 0 aromatic carbocycles. The van der Waals surface area contributed by atoms with Gasteiger partial charge in [-0.05, 0) is 44.2 Å². The van der Waals surface area contributed by atoms with Crippen molar-refractivity contribution in [3.05, 3.63) is 22.4 Å². The molecule has 1 aliphatic heterocycles. The molecule has 2 N–H and O–H groups in total. The summed E-state index contributed by atoms with van der Waals surface area (Å²) in [5, 5.41) is 9.35. The van der Waals surface area contributed by atoms with Crippen molar-refractivity contribution < 1.29 is 0 Å². The average Bonchev–Trinajstić information content (AvgIpc) is 2.81. The van der Waals surface area contributed by atoms with Crippen LogP contribution in [0.4, 0.5) is 0 Å². The second kappa shape index (κ2) is 6.38. The van der Waals surface area contributed by atoms with Crippen molar-refractivity contribution in [3.8, 4) is 0 Å². The van der Waals surface area contributed by atoms with Crippen molar-refractivity contribution in [2.24, 2.45) is 0 Å². The summed E-state index contributed by atoms with van der Waals surface area (Å²) < 4.78 is 0. The zero-order valence-corrected chi connectivity index (χ0v) is 10.9. The van der Waals surface area contributed by atoms with Crippen LogP contribution in [0.1, 0.15) is 37.5 Å². The van der Waals surface area contributed by atoms with Gasteiger partial charge in [-0.15, -0.1) is 11.3 Å². The number of nitrogens with one attached hydrogen (secondary N) is 2. The van der Waals surface area contributed by atoms with Crippen molar-refractivity contribution in [1.82, 2.24) is 10.6 Å². The van der Waals surface area contributed by atoms with Crippen molar-refractivity contribution in [3.63, 3.8) is 0 Å². The number of hydrogen-bond donors (Lipinski definition) is 2. The van der Waals surface area contributed by atoms with Gasteiger partial charge in [-0.25, -0.2) is 0 Å². The molecular formula is C13H22N2S. The van der Waals surface area contributed by atoms with Crippen LogP contribution in [0.2, 0.25) is 0 Å². The fraction of sp³-hybridized carbons (Fsp3) is 0.692. The molecule has 0 saturated carbocycles. The van der Waals surface area contributed by atoms with Gasteiger partial charge in [-0.1, -0.05) is 12.5 Å². The molecule has 3 heteroatoms. The summed E-state index contributed by atoms with van der Waals surface area (Å²) >= 11 is 1.83. The van der Waals surface area contributed by atoms with Crippen LogP contribution in [0.25, 0.3) is 0 Å². The molecule has 1 aromatic rings. The number of hydrogen-bond acceptors (Lipinski definition) is 3. The average molecular weight is 238 g/mol. The van der Waals surface area contributed by atoms with E-state index in [2.05, 4.69) is 35.1 Å². The zero-order chi connectivity index (χ0) is 11.2. The summed E-state index contributed by atoms with van der Waals surface area (Å²) in [7, 11) is 0. The minimum Gasteiger partial charge on any atom is -0.314 e. The van der Waals surface area contributed by atoms with E-state index in [0.717, 1.165) is 12.6 Å². The van der Waals surface area contributed by atoms with E-state index < -0.39 is 0 Å². The molecule has 16 heavy (non-hydrogen) atoms. The number of rotatable bonds is 5. The molecule has 1 aromatic heterocycles. The van der Waals surface area contributed by atoms with Gasteiger partial charge in [-0.2, -0.15) is 0 Å². The molecule has 2 unspecified atom stereocenters. The highest BCUT2D eigenvalue weighted by molar-refractivity contribution is 7.09. The second-order valence-corrected chi connectivity index (χ2v) is 5.78. The minimum absolute atomic E-state index is 0.609. The van der Waals surface area contributed by atoms with E-state index in [1.165, 1.54) is 37.1 Å². The second-order valence-electron chi connectivity index (χ2n) is 4.74. The molecule has 0 amide bonds. The van der Waals surface area contributed by atoms with Gasteiger partial charge in [0.2, 0.25) is 0 Å². The Labute approximate surface area is 102 Å². The number of thiophene rings is 1. The molecule has 2 rings (SSSR count). The molecule has 90 valence electrons. The lowest BCUT2D eigenvalue weighted by Crippen LogP contribution is -2.39. The zero-order valence-electron chi connectivity index (χ0n) is 10.0. The maximum absolute atomic E-state index is 3.61. The van der Waals surface area contributed by atoms with Crippen LogP contribution >= 0.6 is 11.3 Å². The van der Waals surface area contributed by atoms with Crippen LogP contribution in [0.15, 0.2) is 17.5 Å². The normalized spacial score (nSPS) is 23.2. The molecule has 1 saturated heterocycles. The Kier molecular flexibility index (Phi) is 4.82. The van der Waals surface area contributed by atoms with Crippen molar-refractivity contribution in [1.29, 1.82) is 0 Å². The van der Waals surface area contributed by atoms with Gasteiger partial charge in [0.25, 0.3) is 0 Å². The fourth-order valence-corrected chi connectivity index (χ4v) is 2.98. The molecule has 2 heterocycles. The molecule has 0 bridgehead atoms. The minimum atomic E-state index is 0.609. The van der Waals surface area contributed by atoms with E-state index in [9.17, 15) is 0 Å². The maximum Gasteiger partial charge on any atom is 0.0302 e. The van der Waals surface area contributed by atoms with Gasteiger partial charge in [0.15, 0.2) is 0 Å². The summed E-state index contributed by atoms with van der Waals surface area (Å²) in [6.07, 6.45) is 5.36. The van der Waals surface area contributed by atoms with E-state index in [4.69, 9.17) is 0 Å². The maximum atomic E-state index is 3.61. The third-order valence-electron chi connectivity index (χ3n) is 3.26. The van der Waals surface area contributed by atoms with Gasteiger partial charge in [0, 0.05) is 23.5 Å². The Morgan fingerprint density at radius 3 is 3.19 bits per heavy atom. The van der Waals surface area contributed by atoms with E-state index in [1.807, 2.05) is 11.3 Å². The lowest BCUT2D eigenvalue weighted by molar-refractivity contribution is 0.345. The molecule has 0 aliphatic carbocycles. The van der Waals surface area contributed by atoms with Crippen LogP contribution in [0, 0.1) is 0 Å². The lowest BCUT2D eigenvalue weighted by atomic mass is 9.99. The molecule has 1 aliphatic rings. The Bertz CT molecular complexity index is 278. The molecule has 0 spiro atoms. The van der Waals surface area contributed by atoms with Gasteiger partial charge < -0.3 is 10.6 Å². The third kappa shape index (κ3) is 3.89. The summed E-state index contributed by atoms with van der Waals surface area (Å²) in [6, 6.07) is 5.66. The molecular weight excluding hydrogens is 216 g/mol. The summed E-state index contributed by atoms with van der Waals surface area (Å²) in [5.41, 5.74) is 0. The van der Waals surface area contributed by atoms with Gasteiger partial charge in [-0.3, -0.25) is 0 Å². The first-order valence-corrected chi connectivity index (χ1v) is 7.21. The Balaban J connectivity index is 1.65. The number of piperidine rings is 1. The highest BCUT2D eigenvalue weighted by atomic mass is 32.1. The van der Waals surface area contributed by atoms with Crippen LogP contribution < -0.4 is 10.6 Å². The van der Waals surface area contributed by atoms with Crippen LogP contribution in [-0.2, 0) is 6.54 Å². The Morgan fingerprint density at radius 2 is 2.50 bits per heavy atom. The first-order valence-electron chi connectivity index (χ1n) is 6.34. The fourth-order valence-electron chi connectivity index (χ4n) is 2.32. The highest BCUT2D eigenvalue weighted by Gasteiger charge is 2.15. The monoisotopic (exact) mass is 238 g/mol. The Hall–Kier alpha value is -0.380. The van der Waals surface area contributed by atoms with E-state index in [-0.39, 0.29) is 0 Å². The molecule has 2 atom stereocenters. The summed E-state index contributed by atoms with van der Waals surface area (Å²) in [6.45, 7) is 4.53. The highest BCUT2D eigenvalue weighted by Crippen LogP contribution is 2.13. The first kappa shape index (κ1) is 12.1. The van der Waals surface area contributed by atoms with Crippen molar-refractivity contribution in [2.75, 3.05) is 6.54 Å². The topological polar surface area (TPSA) is 24.1 Å².